The first-order valence-corrected chi connectivity index (χ1v) is 6.05. The molecule has 0 atom stereocenters. The van der Waals surface area contributed by atoms with Gasteiger partial charge in [-0.2, -0.15) is 5.26 Å². The van der Waals surface area contributed by atoms with Gasteiger partial charge in [-0.3, -0.25) is 0 Å². The molecule has 0 saturated heterocycles. The maximum Gasteiger partial charge on any atom is 0.0998 e. The highest BCUT2D eigenvalue weighted by molar-refractivity contribution is 5.85. The standard InChI is InChI=1S/C14H17N3/c1-2-16-8-4-9-17-10-7-13-12(11-15)5-3-6-14(13)17/h3,5-7,10,16H,2,4,8-9H2,1H3. The molecule has 0 aliphatic rings. The van der Waals surface area contributed by atoms with Crippen LogP contribution in [-0.4, -0.2) is 17.7 Å². The van der Waals surface area contributed by atoms with E-state index in [0.29, 0.717) is 0 Å². The van der Waals surface area contributed by atoms with E-state index >= 15 is 0 Å². The van der Waals surface area contributed by atoms with Crippen molar-refractivity contribution in [1.29, 1.82) is 5.26 Å². The van der Waals surface area contributed by atoms with Crippen LogP contribution in [-0.2, 0) is 6.54 Å². The van der Waals surface area contributed by atoms with Gasteiger partial charge in [0.25, 0.3) is 0 Å². The highest BCUT2D eigenvalue weighted by Crippen LogP contribution is 2.19. The molecule has 0 aliphatic heterocycles. The fraction of sp³-hybridized carbons (Fsp3) is 0.357. The molecule has 0 bridgehead atoms. The predicted molar refractivity (Wildman–Crippen MR) is 69.8 cm³/mol. The molecule has 1 aromatic carbocycles. The number of aryl methyl sites for hydroxylation is 1. The van der Waals surface area contributed by atoms with Crippen molar-refractivity contribution >= 4 is 10.9 Å². The molecule has 0 unspecified atom stereocenters. The van der Waals surface area contributed by atoms with E-state index in [4.69, 9.17) is 5.26 Å². The lowest BCUT2D eigenvalue weighted by Crippen LogP contribution is -2.15. The summed E-state index contributed by atoms with van der Waals surface area (Å²) in [6, 6.07) is 10.1. The number of rotatable bonds is 5. The van der Waals surface area contributed by atoms with Crippen LogP contribution in [0.25, 0.3) is 10.9 Å². The highest BCUT2D eigenvalue weighted by atomic mass is 15.0. The van der Waals surface area contributed by atoms with Crippen LogP contribution < -0.4 is 5.32 Å². The number of hydrogen-bond donors (Lipinski definition) is 1. The molecule has 0 fully saturated rings. The second-order valence-electron chi connectivity index (χ2n) is 4.07. The molecule has 0 radical (unpaired) electrons. The first-order valence-electron chi connectivity index (χ1n) is 6.05. The van der Waals surface area contributed by atoms with Gasteiger partial charge in [0.05, 0.1) is 11.6 Å². The van der Waals surface area contributed by atoms with Gasteiger partial charge in [-0.05, 0) is 37.7 Å². The van der Waals surface area contributed by atoms with Gasteiger partial charge < -0.3 is 9.88 Å². The summed E-state index contributed by atoms with van der Waals surface area (Å²) >= 11 is 0. The molecule has 0 aliphatic carbocycles. The van der Waals surface area contributed by atoms with Crippen molar-refractivity contribution < 1.29 is 0 Å². The molecule has 0 saturated carbocycles. The highest BCUT2D eigenvalue weighted by Gasteiger charge is 2.04. The Hall–Kier alpha value is -1.79. The topological polar surface area (TPSA) is 40.8 Å². The molecule has 1 aromatic heterocycles. The number of nitrogens with zero attached hydrogens (tertiary/aromatic N) is 2. The first-order chi connectivity index (χ1) is 8.36. The Kier molecular flexibility index (Phi) is 3.79. The minimum Gasteiger partial charge on any atom is -0.347 e. The van der Waals surface area contributed by atoms with E-state index in [1.165, 1.54) is 0 Å². The van der Waals surface area contributed by atoms with Crippen LogP contribution in [0.1, 0.15) is 18.9 Å². The van der Waals surface area contributed by atoms with Crippen molar-refractivity contribution in [3.05, 3.63) is 36.0 Å². The monoisotopic (exact) mass is 227 g/mol. The molecule has 3 nitrogen and oxygen atoms in total. The second-order valence-corrected chi connectivity index (χ2v) is 4.07. The maximum atomic E-state index is 9.02. The lowest BCUT2D eigenvalue weighted by atomic mass is 10.1. The number of benzene rings is 1. The molecule has 2 rings (SSSR count). The fourth-order valence-corrected chi connectivity index (χ4v) is 2.07. The third-order valence-corrected chi connectivity index (χ3v) is 2.94. The Bertz CT molecular complexity index is 534. The van der Waals surface area contributed by atoms with Crippen LogP contribution in [0.3, 0.4) is 0 Å². The van der Waals surface area contributed by atoms with Gasteiger partial charge in [0.1, 0.15) is 0 Å². The summed E-state index contributed by atoms with van der Waals surface area (Å²) < 4.78 is 2.22. The van der Waals surface area contributed by atoms with E-state index in [9.17, 15) is 0 Å². The second kappa shape index (κ2) is 5.51. The van der Waals surface area contributed by atoms with Crippen LogP contribution in [0.5, 0.6) is 0 Å². The van der Waals surface area contributed by atoms with Crippen LogP contribution in [0, 0.1) is 11.3 Å². The average Bonchev–Trinajstić information content (AvgIpc) is 2.78. The first kappa shape index (κ1) is 11.7. The van der Waals surface area contributed by atoms with Crippen molar-refractivity contribution in [2.24, 2.45) is 0 Å². The van der Waals surface area contributed by atoms with Crippen molar-refractivity contribution in [2.75, 3.05) is 13.1 Å². The van der Waals surface area contributed by atoms with Gasteiger partial charge in [-0.15, -0.1) is 0 Å². The lowest BCUT2D eigenvalue weighted by molar-refractivity contribution is 0.603. The largest absolute Gasteiger partial charge is 0.347 e. The summed E-state index contributed by atoms with van der Waals surface area (Å²) in [7, 11) is 0. The number of fused-ring (bicyclic) bond motifs is 1. The summed E-state index contributed by atoms with van der Waals surface area (Å²) in [4.78, 5) is 0. The van der Waals surface area contributed by atoms with E-state index in [0.717, 1.165) is 42.5 Å². The molecule has 88 valence electrons. The van der Waals surface area contributed by atoms with Crippen molar-refractivity contribution in [3.8, 4) is 6.07 Å². The van der Waals surface area contributed by atoms with Crippen molar-refractivity contribution in [3.63, 3.8) is 0 Å². The zero-order chi connectivity index (χ0) is 12.1. The number of aromatic nitrogens is 1. The minimum absolute atomic E-state index is 0.757. The number of hydrogen-bond acceptors (Lipinski definition) is 2. The molecular formula is C14H17N3. The van der Waals surface area contributed by atoms with Crippen LogP contribution in [0.2, 0.25) is 0 Å². The van der Waals surface area contributed by atoms with E-state index in [1.54, 1.807) is 0 Å². The predicted octanol–water partition coefficient (Wildman–Crippen LogP) is 2.51. The third-order valence-electron chi connectivity index (χ3n) is 2.94. The normalized spacial score (nSPS) is 10.6. The van der Waals surface area contributed by atoms with E-state index < -0.39 is 0 Å². The Morgan fingerprint density at radius 2 is 2.24 bits per heavy atom. The molecule has 2 aromatic rings. The Morgan fingerprint density at radius 1 is 1.35 bits per heavy atom. The average molecular weight is 227 g/mol. The minimum atomic E-state index is 0.757. The van der Waals surface area contributed by atoms with Gasteiger partial charge in [0, 0.05) is 23.6 Å². The van der Waals surface area contributed by atoms with E-state index in [-0.39, 0.29) is 0 Å². The zero-order valence-corrected chi connectivity index (χ0v) is 10.1. The van der Waals surface area contributed by atoms with Gasteiger partial charge in [0.15, 0.2) is 0 Å². The summed E-state index contributed by atoms with van der Waals surface area (Å²) in [5.74, 6) is 0. The van der Waals surface area contributed by atoms with Crippen molar-refractivity contribution in [2.45, 2.75) is 19.9 Å². The summed E-state index contributed by atoms with van der Waals surface area (Å²) in [6.07, 6.45) is 3.17. The van der Waals surface area contributed by atoms with Gasteiger partial charge >= 0.3 is 0 Å². The molecule has 0 amide bonds. The van der Waals surface area contributed by atoms with Crippen molar-refractivity contribution in [1.82, 2.24) is 9.88 Å². The van der Waals surface area contributed by atoms with Gasteiger partial charge in [-0.25, -0.2) is 0 Å². The molecule has 17 heavy (non-hydrogen) atoms. The molecule has 3 heteroatoms. The van der Waals surface area contributed by atoms with E-state index in [2.05, 4.69) is 35.1 Å². The molecular weight excluding hydrogens is 210 g/mol. The summed E-state index contributed by atoms with van der Waals surface area (Å²) in [6.45, 7) is 5.16. The third kappa shape index (κ3) is 2.48. The SMILES string of the molecule is CCNCCCn1ccc2c(C#N)cccc21. The summed E-state index contributed by atoms with van der Waals surface area (Å²) in [5.41, 5.74) is 1.91. The number of nitrogens with one attached hydrogen (secondary N) is 1. The quantitative estimate of drug-likeness (QED) is 0.797. The summed E-state index contributed by atoms with van der Waals surface area (Å²) in [5, 5.41) is 13.4. The Morgan fingerprint density at radius 3 is 3.00 bits per heavy atom. The molecule has 1 N–H and O–H groups in total. The van der Waals surface area contributed by atoms with Gasteiger partial charge in [0.2, 0.25) is 0 Å². The Balaban J connectivity index is 2.17. The maximum absolute atomic E-state index is 9.02. The number of nitriles is 1. The molecule has 1 heterocycles. The lowest BCUT2D eigenvalue weighted by Gasteiger charge is -2.06. The van der Waals surface area contributed by atoms with Gasteiger partial charge in [-0.1, -0.05) is 13.0 Å². The van der Waals surface area contributed by atoms with Crippen LogP contribution in [0.4, 0.5) is 0 Å². The van der Waals surface area contributed by atoms with E-state index in [1.807, 2.05) is 18.2 Å². The smallest absolute Gasteiger partial charge is 0.0998 e. The van der Waals surface area contributed by atoms with Crippen LogP contribution in [0.15, 0.2) is 30.5 Å². The molecule has 0 spiro atoms. The van der Waals surface area contributed by atoms with Crippen LogP contribution >= 0.6 is 0 Å². The zero-order valence-electron chi connectivity index (χ0n) is 10.1. The Labute approximate surface area is 102 Å². The fourth-order valence-electron chi connectivity index (χ4n) is 2.07.